The van der Waals surface area contributed by atoms with E-state index in [2.05, 4.69) is 9.88 Å². The lowest BCUT2D eigenvalue weighted by Gasteiger charge is -2.45. The Labute approximate surface area is 125 Å². The molecular weight excluding hydrogens is 268 g/mol. The maximum atomic E-state index is 11.1. The van der Waals surface area contributed by atoms with Crippen molar-refractivity contribution in [3.8, 4) is 0 Å². The Bertz CT molecular complexity index is 512. The number of pyridine rings is 1. The van der Waals surface area contributed by atoms with E-state index in [1.54, 1.807) is 7.05 Å². The fourth-order valence-electron chi connectivity index (χ4n) is 2.75. The van der Waals surface area contributed by atoms with Crippen molar-refractivity contribution in [3.05, 3.63) is 23.9 Å². The van der Waals surface area contributed by atoms with Gasteiger partial charge in [-0.3, -0.25) is 0 Å². The Hall–Kier alpha value is -1.82. The van der Waals surface area contributed by atoms with Gasteiger partial charge in [-0.25, -0.2) is 9.78 Å². The van der Waals surface area contributed by atoms with E-state index in [1.807, 2.05) is 32.0 Å². The van der Waals surface area contributed by atoms with Crippen molar-refractivity contribution in [2.45, 2.75) is 32.4 Å². The Morgan fingerprint density at radius 1 is 1.52 bits per heavy atom. The van der Waals surface area contributed by atoms with Crippen LogP contribution in [0.25, 0.3) is 0 Å². The molecule has 6 heteroatoms. The highest BCUT2D eigenvalue weighted by molar-refractivity contribution is 5.65. The molecule has 3 N–H and O–H groups in total. The van der Waals surface area contributed by atoms with Gasteiger partial charge in [0.15, 0.2) is 0 Å². The highest BCUT2D eigenvalue weighted by Crippen LogP contribution is 2.31. The summed E-state index contributed by atoms with van der Waals surface area (Å²) in [6.45, 7) is 6.21. The van der Waals surface area contributed by atoms with E-state index in [4.69, 9.17) is 10.8 Å². The van der Waals surface area contributed by atoms with Crippen molar-refractivity contribution in [2.24, 2.45) is 11.7 Å². The molecule has 1 fully saturated rings. The molecule has 1 aliphatic heterocycles. The van der Waals surface area contributed by atoms with Crippen LogP contribution in [-0.2, 0) is 6.54 Å². The van der Waals surface area contributed by atoms with Gasteiger partial charge in [0.2, 0.25) is 0 Å². The summed E-state index contributed by atoms with van der Waals surface area (Å²) in [6.07, 6.45) is -0.0309. The molecule has 1 aromatic rings. The summed E-state index contributed by atoms with van der Waals surface area (Å²) in [5.74, 6) is 1.45. The molecule has 6 nitrogen and oxygen atoms in total. The molecule has 0 radical (unpaired) electrons. The molecule has 1 amide bonds. The number of rotatable bonds is 5. The van der Waals surface area contributed by atoms with Crippen molar-refractivity contribution in [1.29, 1.82) is 0 Å². The van der Waals surface area contributed by atoms with Gasteiger partial charge in [0.05, 0.1) is 5.69 Å². The molecule has 0 unspecified atom stereocenters. The molecule has 0 atom stereocenters. The quantitative estimate of drug-likeness (QED) is 0.864. The van der Waals surface area contributed by atoms with Gasteiger partial charge in [-0.2, -0.15) is 0 Å². The number of amides is 1. The Morgan fingerprint density at radius 2 is 2.19 bits per heavy atom. The lowest BCUT2D eigenvalue weighted by molar-refractivity contribution is 0.0927. The summed E-state index contributed by atoms with van der Waals surface area (Å²) < 4.78 is 0. The van der Waals surface area contributed by atoms with Crippen LogP contribution in [0.4, 0.5) is 10.6 Å². The van der Waals surface area contributed by atoms with Crippen LogP contribution in [0.2, 0.25) is 0 Å². The predicted octanol–water partition coefficient (Wildman–Crippen LogP) is 1.75. The maximum absolute atomic E-state index is 11.1. The van der Waals surface area contributed by atoms with Crippen LogP contribution >= 0.6 is 0 Å². The fourth-order valence-corrected chi connectivity index (χ4v) is 2.75. The third-order valence-electron chi connectivity index (χ3n) is 4.27. The van der Waals surface area contributed by atoms with E-state index in [-0.39, 0.29) is 5.54 Å². The molecule has 1 saturated heterocycles. The molecule has 2 rings (SSSR count). The molecule has 0 aliphatic carbocycles. The third kappa shape index (κ3) is 3.44. The fraction of sp³-hybridized carbons (Fsp3) is 0.600. The van der Waals surface area contributed by atoms with Crippen molar-refractivity contribution < 1.29 is 9.90 Å². The Balaban J connectivity index is 1.90. The minimum Gasteiger partial charge on any atom is -0.465 e. The Kier molecular flexibility index (Phi) is 4.37. The zero-order valence-corrected chi connectivity index (χ0v) is 12.9. The highest BCUT2D eigenvalue weighted by atomic mass is 16.4. The lowest BCUT2D eigenvalue weighted by Crippen LogP contribution is -2.53. The first-order valence-electron chi connectivity index (χ1n) is 7.21. The van der Waals surface area contributed by atoms with Crippen LogP contribution in [0.15, 0.2) is 18.2 Å². The van der Waals surface area contributed by atoms with Gasteiger partial charge in [-0.15, -0.1) is 0 Å². The highest BCUT2D eigenvalue weighted by Gasteiger charge is 2.36. The molecule has 0 aromatic carbocycles. The van der Waals surface area contributed by atoms with Gasteiger partial charge < -0.3 is 20.6 Å². The summed E-state index contributed by atoms with van der Waals surface area (Å²) in [5.41, 5.74) is 6.15. The minimum atomic E-state index is -0.881. The van der Waals surface area contributed by atoms with Crippen LogP contribution in [-0.4, -0.2) is 46.8 Å². The van der Waals surface area contributed by atoms with Crippen LogP contribution in [0, 0.1) is 5.92 Å². The number of anilines is 1. The van der Waals surface area contributed by atoms with E-state index >= 15 is 0 Å². The van der Waals surface area contributed by atoms with Crippen LogP contribution < -0.4 is 10.6 Å². The smallest absolute Gasteiger partial charge is 0.407 e. The SMILES string of the molecule is CN(C(=O)O)C(C)(C)CC1CN(c2cccc(CN)n2)C1. The first-order valence-corrected chi connectivity index (χ1v) is 7.21. The van der Waals surface area contributed by atoms with Crippen molar-refractivity contribution >= 4 is 11.9 Å². The number of nitrogens with two attached hydrogens (primary N) is 1. The maximum Gasteiger partial charge on any atom is 0.407 e. The van der Waals surface area contributed by atoms with Crippen molar-refractivity contribution in [3.63, 3.8) is 0 Å². The van der Waals surface area contributed by atoms with Gasteiger partial charge in [-0.05, 0) is 38.3 Å². The average Bonchev–Trinajstić information content (AvgIpc) is 2.41. The van der Waals surface area contributed by atoms with E-state index in [9.17, 15) is 4.79 Å². The first-order chi connectivity index (χ1) is 9.83. The van der Waals surface area contributed by atoms with Crippen LogP contribution in [0.3, 0.4) is 0 Å². The molecule has 0 saturated carbocycles. The number of aromatic nitrogens is 1. The zero-order chi connectivity index (χ0) is 15.6. The summed E-state index contributed by atoms with van der Waals surface area (Å²) >= 11 is 0. The number of carboxylic acid groups (broad SMARTS) is 1. The van der Waals surface area contributed by atoms with Gasteiger partial charge in [0, 0.05) is 32.2 Å². The summed E-state index contributed by atoms with van der Waals surface area (Å²) in [7, 11) is 1.63. The van der Waals surface area contributed by atoms with Gasteiger partial charge in [0.1, 0.15) is 5.82 Å². The predicted molar refractivity (Wildman–Crippen MR) is 82.3 cm³/mol. The Morgan fingerprint density at radius 3 is 2.76 bits per heavy atom. The first kappa shape index (κ1) is 15.6. The normalized spacial score (nSPS) is 15.7. The molecule has 116 valence electrons. The largest absolute Gasteiger partial charge is 0.465 e. The van der Waals surface area contributed by atoms with E-state index < -0.39 is 6.09 Å². The average molecular weight is 292 g/mol. The second-order valence-corrected chi connectivity index (χ2v) is 6.32. The molecular formula is C15H24N4O2. The van der Waals surface area contributed by atoms with Gasteiger partial charge >= 0.3 is 6.09 Å². The van der Waals surface area contributed by atoms with E-state index in [0.29, 0.717) is 12.5 Å². The number of hydrogen-bond donors (Lipinski definition) is 2. The molecule has 0 bridgehead atoms. The summed E-state index contributed by atoms with van der Waals surface area (Å²) in [6, 6.07) is 5.88. The van der Waals surface area contributed by atoms with Crippen LogP contribution in [0.1, 0.15) is 26.0 Å². The summed E-state index contributed by atoms with van der Waals surface area (Å²) in [5, 5.41) is 9.10. The molecule has 21 heavy (non-hydrogen) atoms. The molecule has 2 heterocycles. The molecule has 0 spiro atoms. The monoisotopic (exact) mass is 292 g/mol. The van der Waals surface area contributed by atoms with Crippen LogP contribution in [0.5, 0.6) is 0 Å². The molecule has 1 aromatic heterocycles. The number of carbonyl (C=O) groups is 1. The lowest BCUT2D eigenvalue weighted by atomic mass is 9.85. The minimum absolute atomic E-state index is 0.352. The number of hydrogen-bond acceptors (Lipinski definition) is 4. The standard InChI is InChI=1S/C15H24N4O2/c1-15(2,18(3)14(20)21)7-11-9-19(10-11)13-6-4-5-12(8-16)17-13/h4-6,11H,7-10,16H2,1-3H3,(H,20,21). The van der Waals surface area contributed by atoms with Gasteiger partial charge in [-0.1, -0.05) is 6.07 Å². The number of nitrogens with zero attached hydrogens (tertiary/aromatic N) is 3. The third-order valence-corrected chi connectivity index (χ3v) is 4.27. The summed E-state index contributed by atoms with van der Waals surface area (Å²) in [4.78, 5) is 19.2. The van der Waals surface area contributed by atoms with E-state index in [1.165, 1.54) is 4.90 Å². The van der Waals surface area contributed by atoms with Crippen molar-refractivity contribution in [2.75, 3.05) is 25.0 Å². The van der Waals surface area contributed by atoms with Gasteiger partial charge in [0.25, 0.3) is 0 Å². The van der Waals surface area contributed by atoms with Crippen molar-refractivity contribution in [1.82, 2.24) is 9.88 Å². The second-order valence-electron chi connectivity index (χ2n) is 6.32. The van der Waals surface area contributed by atoms with E-state index in [0.717, 1.165) is 31.0 Å². The molecule has 1 aliphatic rings. The second kappa shape index (κ2) is 5.89. The zero-order valence-electron chi connectivity index (χ0n) is 12.9. The topological polar surface area (TPSA) is 82.7 Å².